The van der Waals surface area contributed by atoms with Gasteiger partial charge in [-0.15, -0.1) is 6.42 Å². The summed E-state index contributed by atoms with van der Waals surface area (Å²) in [4.78, 5) is 20.1. The normalized spacial score (nSPS) is 14.9. The van der Waals surface area contributed by atoms with Crippen molar-refractivity contribution in [2.75, 3.05) is 0 Å². The summed E-state index contributed by atoms with van der Waals surface area (Å²) in [7, 11) is 0. The molecule has 0 saturated heterocycles. The van der Waals surface area contributed by atoms with Gasteiger partial charge in [-0.05, 0) is 33.1 Å². The van der Waals surface area contributed by atoms with Crippen LogP contribution in [0.15, 0.2) is 11.6 Å². The third-order valence-corrected chi connectivity index (χ3v) is 2.41. The van der Waals surface area contributed by atoms with Gasteiger partial charge in [-0.1, -0.05) is 30.9 Å². The Morgan fingerprint density at radius 3 is 2.59 bits per heavy atom. The Kier molecular flexibility index (Phi) is 7.32. The molecule has 1 atom stereocenters. The predicted molar refractivity (Wildman–Crippen MR) is 68.0 cm³/mol. The summed E-state index contributed by atoms with van der Waals surface area (Å²) in [6.07, 6.45) is 11.2. The van der Waals surface area contributed by atoms with E-state index in [9.17, 15) is 4.79 Å². The van der Waals surface area contributed by atoms with Gasteiger partial charge in [0.25, 0.3) is 0 Å². The molecule has 0 saturated carbocycles. The van der Waals surface area contributed by atoms with Crippen LogP contribution in [0.25, 0.3) is 0 Å². The molecule has 0 aromatic rings. The Balaban J connectivity index is 4.17. The molecule has 0 radical (unpaired) electrons. The maximum atomic E-state index is 10.6. The van der Waals surface area contributed by atoms with E-state index in [2.05, 4.69) is 30.7 Å². The first-order valence-electron chi connectivity index (χ1n) is 5.93. The quantitative estimate of drug-likeness (QED) is 0.295. The lowest BCUT2D eigenvalue weighted by atomic mass is 10.00. The van der Waals surface area contributed by atoms with Crippen molar-refractivity contribution < 1.29 is 14.6 Å². The number of terminal acetylenes is 1. The van der Waals surface area contributed by atoms with Crippen molar-refractivity contribution in [3.8, 4) is 12.3 Å². The van der Waals surface area contributed by atoms with Gasteiger partial charge in [-0.25, -0.2) is 4.79 Å². The van der Waals surface area contributed by atoms with Crippen LogP contribution in [0.1, 0.15) is 53.4 Å². The molecule has 0 heterocycles. The lowest BCUT2D eigenvalue weighted by molar-refractivity contribution is -0.313. The number of hydrogen-bond acceptors (Lipinski definition) is 3. The molecule has 17 heavy (non-hydrogen) atoms. The van der Waals surface area contributed by atoms with E-state index in [-0.39, 0.29) is 0 Å². The largest absolute Gasteiger partial charge is 0.339 e. The average molecular weight is 238 g/mol. The van der Waals surface area contributed by atoms with E-state index < -0.39 is 11.6 Å². The minimum absolute atomic E-state index is 0.496. The molecule has 0 amide bonds. The van der Waals surface area contributed by atoms with Gasteiger partial charge in [-0.3, -0.25) is 4.89 Å². The van der Waals surface area contributed by atoms with Crippen molar-refractivity contribution in [3.05, 3.63) is 11.6 Å². The van der Waals surface area contributed by atoms with Crippen LogP contribution >= 0.6 is 0 Å². The summed E-state index contributed by atoms with van der Waals surface area (Å²) in [5.41, 5.74) is 0.494. The van der Waals surface area contributed by atoms with Crippen molar-refractivity contribution >= 4 is 5.97 Å². The fourth-order valence-corrected chi connectivity index (χ4v) is 1.38. The van der Waals surface area contributed by atoms with Gasteiger partial charge in [0.15, 0.2) is 5.60 Å². The maximum Gasteiger partial charge on any atom is 0.339 e. The predicted octanol–water partition coefficient (Wildman–Crippen LogP) is 3.40. The molecule has 96 valence electrons. The number of carbonyl (C=O) groups excluding carboxylic acids is 1. The van der Waals surface area contributed by atoms with Crippen LogP contribution in [0.4, 0.5) is 0 Å². The molecule has 1 unspecified atom stereocenters. The van der Waals surface area contributed by atoms with Crippen LogP contribution < -0.4 is 0 Å². The Morgan fingerprint density at radius 1 is 1.47 bits per heavy atom. The molecule has 0 aliphatic rings. The molecular weight excluding hydrogens is 216 g/mol. The van der Waals surface area contributed by atoms with Crippen LogP contribution in [0, 0.1) is 12.3 Å². The first kappa shape index (κ1) is 15.7. The van der Waals surface area contributed by atoms with Gasteiger partial charge in [0.2, 0.25) is 0 Å². The molecular formula is C14H22O3. The lowest BCUT2D eigenvalue weighted by Crippen LogP contribution is -2.27. The van der Waals surface area contributed by atoms with Crippen LogP contribution in [0.5, 0.6) is 0 Å². The number of rotatable bonds is 7. The molecule has 3 nitrogen and oxygen atoms in total. The van der Waals surface area contributed by atoms with Gasteiger partial charge in [0.1, 0.15) is 0 Å². The van der Waals surface area contributed by atoms with Gasteiger partial charge in [0, 0.05) is 6.92 Å². The fourth-order valence-electron chi connectivity index (χ4n) is 1.38. The number of allylic oxidation sites excluding steroid dienone is 2. The Bertz CT molecular complexity index is 312. The highest BCUT2D eigenvalue weighted by Gasteiger charge is 2.24. The van der Waals surface area contributed by atoms with E-state index in [0.717, 1.165) is 19.3 Å². The van der Waals surface area contributed by atoms with E-state index >= 15 is 0 Å². The van der Waals surface area contributed by atoms with E-state index in [1.54, 1.807) is 6.92 Å². The first-order chi connectivity index (χ1) is 7.93. The van der Waals surface area contributed by atoms with Crippen LogP contribution in [0.3, 0.4) is 0 Å². The highest BCUT2D eigenvalue weighted by Crippen LogP contribution is 2.18. The minimum atomic E-state index is -0.853. The summed E-state index contributed by atoms with van der Waals surface area (Å²) in [5.74, 6) is 2.01. The molecule has 0 aliphatic carbocycles. The molecule has 0 bridgehead atoms. The molecule has 0 fully saturated rings. The SMILES string of the molecule is C#CC(C)(CCC=C(C)CCC)OOC(C)=O. The van der Waals surface area contributed by atoms with Gasteiger partial charge < -0.3 is 0 Å². The van der Waals surface area contributed by atoms with E-state index in [1.807, 2.05) is 0 Å². The molecule has 0 aliphatic heterocycles. The number of carbonyl (C=O) groups is 1. The van der Waals surface area contributed by atoms with Crippen molar-refractivity contribution in [1.29, 1.82) is 0 Å². The van der Waals surface area contributed by atoms with E-state index in [0.29, 0.717) is 6.42 Å². The monoisotopic (exact) mass is 238 g/mol. The summed E-state index contributed by atoms with van der Waals surface area (Å²) in [5, 5.41) is 0. The van der Waals surface area contributed by atoms with Crippen molar-refractivity contribution in [2.24, 2.45) is 0 Å². The highest BCUT2D eigenvalue weighted by molar-refractivity contribution is 5.65. The average Bonchev–Trinajstić information content (AvgIpc) is 2.27. The standard InChI is InChI=1S/C14H22O3/c1-6-9-12(3)10-8-11-14(5,7-2)17-16-13(4)15/h2,10H,6,8-9,11H2,1,3-5H3. The zero-order chi connectivity index (χ0) is 13.3. The van der Waals surface area contributed by atoms with Crippen molar-refractivity contribution in [3.63, 3.8) is 0 Å². The lowest BCUT2D eigenvalue weighted by Gasteiger charge is -2.20. The second-order valence-corrected chi connectivity index (χ2v) is 4.37. The molecule has 0 N–H and O–H groups in total. The first-order valence-corrected chi connectivity index (χ1v) is 5.93. The summed E-state index contributed by atoms with van der Waals surface area (Å²) in [6.45, 7) is 7.26. The Hall–Kier alpha value is -1.27. The highest BCUT2D eigenvalue weighted by atomic mass is 17.2. The molecule has 0 spiro atoms. The zero-order valence-electron chi connectivity index (χ0n) is 11.2. The van der Waals surface area contributed by atoms with E-state index in [4.69, 9.17) is 11.3 Å². The summed E-state index contributed by atoms with van der Waals surface area (Å²) >= 11 is 0. The second kappa shape index (κ2) is 7.92. The Morgan fingerprint density at radius 2 is 2.12 bits per heavy atom. The molecule has 0 aromatic heterocycles. The van der Waals surface area contributed by atoms with Gasteiger partial charge in [0.05, 0.1) is 0 Å². The van der Waals surface area contributed by atoms with E-state index in [1.165, 1.54) is 12.5 Å². The zero-order valence-corrected chi connectivity index (χ0v) is 11.2. The van der Waals surface area contributed by atoms with Gasteiger partial charge >= 0.3 is 5.97 Å². The van der Waals surface area contributed by atoms with Crippen molar-refractivity contribution in [2.45, 2.75) is 59.0 Å². The van der Waals surface area contributed by atoms with Crippen LogP contribution in [-0.2, 0) is 14.6 Å². The fraction of sp³-hybridized carbons (Fsp3) is 0.643. The third kappa shape index (κ3) is 7.59. The Labute approximate surface area is 104 Å². The summed E-state index contributed by atoms with van der Waals surface area (Å²) < 4.78 is 0. The van der Waals surface area contributed by atoms with Gasteiger partial charge in [-0.2, -0.15) is 4.89 Å². The third-order valence-electron chi connectivity index (χ3n) is 2.41. The minimum Gasteiger partial charge on any atom is -0.297 e. The van der Waals surface area contributed by atoms with Crippen molar-refractivity contribution in [1.82, 2.24) is 0 Å². The molecule has 0 aromatic carbocycles. The number of hydrogen-bond donors (Lipinski definition) is 0. The summed E-state index contributed by atoms with van der Waals surface area (Å²) in [6, 6.07) is 0. The topological polar surface area (TPSA) is 35.5 Å². The molecule has 3 heteroatoms. The second-order valence-electron chi connectivity index (χ2n) is 4.37. The van der Waals surface area contributed by atoms with Crippen LogP contribution in [-0.4, -0.2) is 11.6 Å². The maximum absolute atomic E-state index is 10.6. The smallest absolute Gasteiger partial charge is 0.297 e. The molecule has 0 rings (SSSR count). The van der Waals surface area contributed by atoms with Crippen LogP contribution in [0.2, 0.25) is 0 Å².